The third-order valence-electron chi connectivity index (χ3n) is 4.82. The van der Waals surface area contributed by atoms with Crippen LogP contribution in [0.1, 0.15) is 30.6 Å². The standard InChI is InChI=1S/C22H21N3O3S/c1-13(2)11-12-25-16-9-5-3-7-14(16)19(26)18(21(25)28)20(27)24-22-23-15-8-4-6-10-17(15)29-22/h3-10,13,26H,11-12H2,1-2H3,(H,23,24,27). The number of aryl methyl sites for hydroxylation is 1. The van der Waals surface area contributed by atoms with Gasteiger partial charge in [-0.15, -0.1) is 0 Å². The Morgan fingerprint density at radius 3 is 2.66 bits per heavy atom. The van der Waals surface area contributed by atoms with Crippen LogP contribution in [0.25, 0.3) is 21.1 Å². The maximum absolute atomic E-state index is 13.1. The number of carbonyl (C=O) groups is 1. The highest BCUT2D eigenvalue weighted by molar-refractivity contribution is 7.22. The second-order valence-corrected chi connectivity index (χ2v) is 8.35. The van der Waals surface area contributed by atoms with Crippen LogP contribution < -0.4 is 10.9 Å². The van der Waals surface area contributed by atoms with E-state index in [2.05, 4.69) is 24.1 Å². The molecule has 0 aliphatic rings. The number of amides is 1. The summed E-state index contributed by atoms with van der Waals surface area (Å²) in [7, 11) is 0. The van der Waals surface area contributed by atoms with E-state index in [1.807, 2.05) is 30.3 Å². The van der Waals surface area contributed by atoms with Crippen molar-refractivity contribution in [2.45, 2.75) is 26.8 Å². The molecular formula is C22H21N3O3S. The summed E-state index contributed by atoms with van der Waals surface area (Å²) in [5.74, 6) is -0.560. The number of aromatic hydroxyl groups is 1. The van der Waals surface area contributed by atoms with Crippen molar-refractivity contribution in [3.05, 3.63) is 64.4 Å². The van der Waals surface area contributed by atoms with E-state index in [1.165, 1.54) is 11.3 Å². The summed E-state index contributed by atoms with van der Waals surface area (Å²) in [6.45, 7) is 4.63. The number of anilines is 1. The third kappa shape index (κ3) is 3.61. The van der Waals surface area contributed by atoms with Crippen LogP contribution in [-0.4, -0.2) is 20.6 Å². The average molecular weight is 407 g/mol. The molecule has 2 heterocycles. The van der Waals surface area contributed by atoms with Crippen LogP contribution in [0.15, 0.2) is 53.3 Å². The number of nitrogens with one attached hydrogen (secondary N) is 1. The van der Waals surface area contributed by atoms with Gasteiger partial charge >= 0.3 is 0 Å². The van der Waals surface area contributed by atoms with Crippen LogP contribution in [0.3, 0.4) is 0 Å². The predicted octanol–water partition coefficient (Wildman–Crippen LogP) is 4.62. The van der Waals surface area contributed by atoms with E-state index >= 15 is 0 Å². The molecule has 0 fully saturated rings. The van der Waals surface area contributed by atoms with Gasteiger partial charge < -0.3 is 9.67 Å². The van der Waals surface area contributed by atoms with Crippen molar-refractivity contribution < 1.29 is 9.90 Å². The fourth-order valence-corrected chi connectivity index (χ4v) is 4.15. The zero-order valence-corrected chi connectivity index (χ0v) is 17.0. The molecule has 2 aromatic heterocycles. The number of hydrogen-bond acceptors (Lipinski definition) is 5. The third-order valence-corrected chi connectivity index (χ3v) is 5.77. The van der Waals surface area contributed by atoms with Crippen LogP contribution >= 0.6 is 11.3 Å². The van der Waals surface area contributed by atoms with Crippen molar-refractivity contribution >= 4 is 43.5 Å². The second-order valence-electron chi connectivity index (χ2n) is 7.32. The molecule has 0 saturated heterocycles. The lowest BCUT2D eigenvalue weighted by atomic mass is 10.1. The lowest BCUT2D eigenvalue weighted by Crippen LogP contribution is -2.30. The molecule has 0 aliphatic heterocycles. The quantitative estimate of drug-likeness (QED) is 0.506. The van der Waals surface area contributed by atoms with Gasteiger partial charge in [-0.2, -0.15) is 0 Å². The van der Waals surface area contributed by atoms with Crippen LogP contribution in [-0.2, 0) is 6.54 Å². The summed E-state index contributed by atoms with van der Waals surface area (Å²) in [5, 5.41) is 14.3. The highest BCUT2D eigenvalue weighted by Crippen LogP contribution is 2.29. The number of aromatic nitrogens is 2. The monoisotopic (exact) mass is 407 g/mol. The van der Waals surface area contributed by atoms with Crippen LogP contribution in [0.4, 0.5) is 5.13 Å². The number of rotatable bonds is 5. The van der Waals surface area contributed by atoms with E-state index < -0.39 is 11.5 Å². The predicted molar refractivity (Wildman–Crippen MR) is 117 cm³/mol. The first-order chi connectivity index (χ1) is 14.0. The van der Waals surface area contributed by atoms with Crippen molar-refractivity contribution in [2.75, 3.05) is 5.32 Å². The maximum Gasteiger partial charge on any atom is 0.267 e. The Kier molecular flexibility index (Phi) is 5.07. The average Bonchev–Trinajstić information content (AvgIpc) is 3.10. The molecule has 29 heavy (non-hydrogen) atoms. The van der Waals surface area contributed by atoms with Gasteiger partial charge in [-0.1, -0.05) is 49.4 Å². The number of pyridine rings is 1. The fourth-order valence-electron chi connectivity index (χ4n) is 3.29. The molecule has 0 bridgehead atoms. The first-order valence-corrected chi connectivity index (χ1v) is 10.3. The van der Waals surface area contributed by atoms with Crippen molar-refractivity contribution in [3.8, 4) is 5.75 Å². The van der Waals surface area contributed by atoms with Crippen molar-refractivity contribution in [1.29, 1.82) is 0 Å². The SMILES string of the molecule is CC(C)CCn1c(=O)c(C(=O)Nc2nc3ccccc3s2)c(O)c2ccccc21. The second kappa shape index (κ2) is 7.67. The summed E-state index contributed by atoms with van der Waals surface area (Å²) < 4.78 is 2.50. The Morgan fingerprint density at radius 2 is 1.90 bits per heavy atom. The molecule has 0 unspecified atom stereocenters. The van der Waals surface area contributed by atoms with Crippen molar-refractivity contribution in [1.82, 2.24) is 9.55 Å². The molecule has 0 aliphatic carbocycles. The minimum Gasteiger partial charge on any atom is -0.506 e. The lowest BCUT2D eigenvalue weighted by molar-refractivity contribution is 0.102. The summed E-state index contributed by atoms with van der Waals surface area (Å²) >= 11 is 1.32. The van der Waals surface area contributed by atoms with E-state index in [0.717, 1.165) is 16.6 Å². The molecule has 7 heteroatoms. The van der Waals surface area contributed by atoms with Gasteiger partial charge in [-0.3, -0.25) is 14.9 Å². The number of thiazole rings is 1. The first kappa shape index (κ1) is 19.1. The smallest absolute Gasteiger partial charge is 0.267 e. The summed E-state index contributed by atoms with van der Waals surface area (Å²) in [6, 6.07) is 14.6. The Hall–Kier alpha value is -3.19. The van der Waals surface area contributed by atoms with Gasteiger partial charge in [0.2, 0.25) is 0 Å². The number of hydrogen-bond donors (Lipinski definition) is 2. The summed E-state index contributed by atoms with van der Waals surface area (Å²) in [6.07, 6.45) is 0.785. The van der Waals surface area contributed by atoms with Gasteiger partial charge in [0.15, 0.2) is 5.13 Å². The zero-order valence-electron chi connectivity index (χ0n) is 16.2. The lowest BCUT2D eigenvalue weighted by Gasteiger charge is -2.15. The topological polar surface area (TPSA) is 84.2 Å². The molecular weight excluding hydrogens is 386 g/mol. The number of carbonyl (C=O) groups excluding carboxylic acids is 1. The molecule has 0 saturated carbocycles. The molecule has 2 aromatic carbocycles. The van der Waals surface area contributed by atoms with Gasteiger partial charge in [-0.25, -0.2) is 4.98 Å². The van der Waals surface area contributed by atoms with E-state index in [1.54, 1.807) is 22.8 Å². The van der Waals surface area contributed by atoms with Gasteiger partial charge in [0.25, 0.3) is 11.5 Å². The molecule has 0 atom stereocenters. The normalized spacial score (nSPS) is 11.4. The summed E-state index contributed by atoms with van der Waals surface area (Å²) in [5.41, 5.74) is 0.629. The molecule has 1 amide bonds. The van der Waals surface area contributed by atoms with Crippen molar-refractivity contribution in [2.24, 2.45) is 5.92 Å². The Morgan fingerprint density at radius 1 is 1.17 bits per heavy atom. The van der Waals surface area contributed by atoms with Gasteiger partial charge in [0, 0.05) is 11.9 Å². The largest absolute Gasteiger partial charge is 0.506 e. The number of nitrogens with zero attached hydrogens (tertiary/aromatic N) is 2. The zero-order chi connectivity index (χ0) is 20.5. The molecule has 0 radical (unpaired) electrons. The van der Waals surface area contributed by atoms with Crippen molar-refractivity contribution in [3.63, 3.8) is 0 Å². The molecule has 2 N–H and O–H groups in total. The fraction of sp³-hybridized carbons (Fsp3) is 0.227. The highest BCUT2D eigenvalue weighted by atomic mass is 32.1. The minimum atomic E-state index is -0.657. The Bertz CT molecular complexity index is 1240. The van der Waals surface area contributed by atoms with Gasteiger partial charge in [0.05, 0.1) is 15.7 Å². The molecule has 6 nitrogen and oxygen atoms in total. The Balaban J connectivity index is 1.79. The first-order valence-electron chi connectivity index (χ1n) is 9.47. The Labute approximate surface area is 171 Å². The van der Waals surface area contributed by atoms with Crippen LogP contribution in [0.2, 0.25) is 0 Å². The number of fused-ring (bicyclic) bond motifs is 2. The van der Waals surface area contributed by atoms with E-state index in [4.69, 9.17) is 0 Å². The molecule has 4 aromatic rings. The maximum atomic E-state index is 13.1. The van der Waals surface area contributed by atoms with E-state index in [0.29, 0.717) is 28.5 Å². The van der Waals surface area contributed by atoms with E-state index in [-0.39, 0.29) is 11.3 Å². The molecule has 148 valence electrons. The number of benzene rings is 2. The van der Waals surface area contributed by atoms with E-state index in [9.17, 15) is 14.7 Å². The minimum absolute atomic E-state index is 0.258. The van der Waals surface area contributed by atoms with Crippen LogP contribution in [0, 0.1) is 5.92 Å². The van der Waals surface area contributed by atoms with Gasteiger partial charge in [0.1, 0.15) is 11.3 Å². The molecule has 0 spiro atoms. The highest BCUT2D eigenvalue weighted by Gasteiger charge is 2.23. The summed E-state index contributed by atoms with van der Waals surface area (Å²) in [4.78, 5) is 30.5. The number of para-hydroxylation sites is 2. The van der Waals surface area contributed by atoms with Gasteiger partial charge in [-0.05, 0) is 36.6 Å². The molecule has 4 rings (SSSR count). The van der Waals surface area contributed by atoms with Crippen LogP contribution in [0.5, 0.6) is 5.75 Å².